The first-order valence-corrected chi connectivity index (χ1v) is 10.8. The molecule has 138 valence electrons. The smallest absolute Gasteiger partial charge is 0.134 e. The van der Waals surface area contributed by atoms with Crippen molar-refractivity contribution in [3.63, 3.8) is 0 Å². The van der Waals surface area contributed by atoms with Gasteiger partial charge in [0.1, 0.15) is 12.1 Å². The highest BCUT2D eigenvalue weighted by Gasteiger charge is 2.40. The SMILES string of the molecule is Cc1cncnc1N1CC2CN(Cc3csc(C4CCCC4)n3)CC2C1. The first kappa shape index (κ1) is 16.6. The van der Waals surface area contributed by atoms with Gasteiger partial charge < -0.3 is 4.90 Å². The lowest BCUT2D eigenvalue weighted by Gasteiger charge is -2.22. The van der Waals surface area contributed by atoms with E-state index in [1.807, 2.05) is 17.5 Å². The summed E-state index contributed by atoms with van der Waals surface area (Å²) in [6.45, 7) is 7.79. The van der Waals surface area contributed by atoms with Gasteiger partial charge >= 0.3 is 0 Å². The van der Waals surface area contributed by atoms with Crippen molar-refractivity contribution < 1.29 is 0 Å². The van der Waals surface area contributed by atoms with Crippen molar-refractivity contribution in [2.45, 2.75) is 45.1 Å². The zero-order chi connectivity index (χ0) is 17.5. The number of rotatable bonds is 4. The van der Waals surface area contributed by atoms with E-state index in [0.717, 1.165) is 43.2 Å². The van der Waals surface area contributed by atoms with Crippen LogP contribution in [0.25, 0.3) is 0 Å². The van der Waals surface area contributed by atoms with Crippen LogP contribution in [0.15, 0.2) is 17.9 Å². The molecule has 26 heavy (non-hydrogen) atoms. The predicted octanol–water partition coefficient (Wildman–Crippen LogP) is 3.47. The Balaban J connectivity index is 1.19. The third-order valence-corrected chi connectivity index (χ3v) is 7.44. The molecule has 2 atom stereocenters. The van der Waals surface area contributed by atoms with Gasteiger partial charge in [-0.15, -0.1) is 11.3 Å². The Morgan fingerprint density at radius 3 is 2.62 bits per heavy atom. The van der Waals surface area contributed by atoms with E-state index in [0.29, 0.717) is 0 Å². The van der Waals surface area contributed by atoms with Gasteiger partial charge in [-0.05, 0) is 31.6 Å². The molecule has 0 amide bonds. The average molecular weight is 370 g/mol. The Bertz CT molecular complexity index is 755. The van der Waals surface area contributed by atoms with Crippen LogP contribution in [0.2, 0.25) is 0 Å². The summed E-state index contributed by atoms with van der Waals surface area (Å²) in [7, 11) is 0. The molecule has 2 aromatic heterocycles. The molecule has 1 saturated carbocycles. The third-order valence-electron chi connectivity index (χ3n) is 6.39. The van der Waals surface area contributed by atoms with E-state index in [1.165, 1.54) is 55.0 Å². The topological polar surface area (TPSA) is 45.2 Å². The molecule has 0 radical (unpaired) electrons. The summed E-state index contributed by atoms with van der Waals surface area (Å²) in [5.41, 5.74) is 2.48. The van der Waals surface area contributed by atoms with Crippen LogP contribution in [0.1, 0.15) is 47.9 Å². The second-order valence-electron chi connectivity index (χ2n) is 8.31. The Labute approximate surface area is 159 Å². The van der Waals surface area contributed by atoms with E-state index in [-0.39, 0.29) is 0 Å². The lowest BCUT2D eigenvalue weighted by atomic mass is 10.0. The highest BCUT2D eigenvalue weighted by Crippen LogP contribution is 2.37. The van der Waals surface area contributed by atoms with Gasteiger partial charge in [-0.1, -0.05) is 12.8 Å². The van der Waals surface area contributed by atoms with Crippen LogP contribution in [0.5, 0.6) is 0 Å². The number of likely N-dealkylation sites (tertiary alicyclic amines) is 1. The van der Waals surface area contributed by atoms with E-state index in [9.17, 15) is 0 Å². The van der Waals surface area contributed by atoms with E-state index in [2.05, 4.69) is 32.1 Å². The molecular formula is C20H27N5S. The molecule has 5 rings (SSSR count). The minimum Gasteiger partial charge on any atom is -0.356 e. The average Bonchev–Trinajstić information content (AvgIpc) is 3.39. The second kappa shape index (κ2) is 6.89. The fourth-order valence-corrected chi connectivity index (χ4v) is 6.08. The maximum absolute atomic E-state index is 4.97. The second-order valence-corrected chi connectivity index (χ2v) is 9.20. The minimum absolute atomic E-state index is 0.747. The molecule has 2 unspecified atom stereocenters. The summed E-state index contributed by atoms with van der Waals surface area (Å²) in [4.78, 5) is 18.7. The molecule has 2 aliphatic heterocycles. The normalized spacial score (nSPS) is 26.7. The van der Waals surface area contributed by atoms with Crippen LogP contribution in [0.4, 0.5) is 5.82 Å². The van der Waals surface area contributed by atoms with Crippen LogP contribution in [-0.2, 0) is 6.54 Å². The number of aromatic nitrogens is 3. The van der Waals surface area contributed by atoms with Crippen LogP contribution in [0.3, 0.4) is 0 Å². The first-order valence-electron chi connectivity index (χ1n) is 9.94. The number of aryl methyl sites for hydroxylation is 1. The summed E-state index contributed by atoms with van der Waals surface area (Å²) in [5, 5.41) is 3.69. The molecule has 2 saturated heterocycles. The van der Waals surface area contributed by atoms with Gasteiger partial charge in [-0.25, -0.2) is 15.0 Å². The molecule has 2 aromatic rings. The maximum atomic E-state index is 4.97. The molecule has 6 heteroatoms. The van der Waals surface area contributed by atoms with Crippen LogP contribution < -0.4 is 4.90 Å². The maximum Gasteiger partial charge on any atom is 0.134 e. The van der Waals surface area contributed by atoms with Crippen molar-refractivity contribution in [3.8, 4) is 0 Å². The van der Waals surface area contributed by atoms with Crippen molar-refractivity contribution in [2.75, 3.05) is 31.1 Å². The third kappa shape index (κ3) is 3.14. The van der Waals surface area contributed by atoms with Crippen molar-refractivity contribution >= 4 is 17.2 Å². The van der Waals surface area contributed by atoms with Gasteiger partial charge in [0.25, 0.3) is 0 Å². The standard InChI is InChI=1S/C20H27N5S/c1-14-6-21-13-22-19(14)25-9-16-7-24(8-17(16)10-25)11-18-12-26-20(23-18)15-4-2-3-5-15/h6,12-13,15-17H,2-5,7-11H2,1H3. The summed E-state index contributed by atoms with van der Waals surface area (Å²) in [6.07, 6.45) is 9.06. The molecule has 0 bridgehead atoms. The Morgan fingerprint density at radius 1 is 1.12 bits per heavy atom. The lowest BCUT2D eigenvalue weighted by molar-refractivity contribution is 0.305. The van der Waals surface area contributed by atoms with E-state index in [4.69, 9.17) is 4.98 Å². The summed E-state index contributed by atoms with van der Waals surface area (Å²) < 4.78 is 0. The van der Waals surface area contributed by atoms with Crippen LogP contribution in [0, 0.1) is 18.8 Å². The van der Waals surface area contributed by atoms with Gasteiger partial charge in [0.05, 0.1) is 10.7 Å². The fourth-order valence-electron chi connectivity index (χ4n) is 5.10. The number of anilines is 1. The number of nitrogens with zero attached hydrogens (tertiary/aromatic N) is 5. The molecule has 3 fully saturated rings. The van der Waals surface area contributed by atoms with Crippen molar-refractivity contribution in [3.05, 3.63) is 34.2 Å². The molecule has 5 nitrogen and oxygen atoms in total. The Morgan fingerprint density at radius 2 is 1.88 bits per heavy atom. The van der Waals surface area contributed by atoms with Gasteiger partial charge in [-0.3, -0.25) is 4.90 Å². The van der Waals surface area contributed by atoms with Crippen LogP contribution in [-0.4, -0.2) is 46.0 Å². The van der Waals surface area contributed by atoms with Crippen molar-refractivity contribution in [1.29, 1.82) is 0 Å². The number of fused-ring (bicyclic) bond motifs is 1. The largest absolute Gasteiger partial charge is 0.356 e. The quantitative estimate of drug-likeness (QED) is 0.826. The van der Waals surface area contributed by atoms with Gasteiger partial charge in [-0.2, -0.15) is 0 Å². The Hall–Kier alpha value is -1.53. The molecule has 0 spiro atoms. The highest BCUT2D eigenvalue weighted by atomic mass is 32.1. The lowest BCUT2D eigenvalue weighted by Crippen LogP contribution is -2.29. The summed E-state index contributed by atoms with van der Waals surface area (Å²) >= 11 is 1.89. The summed E-state index contributed by atoms with van der Waals surface area (Å²) in [6, 6.07) is 0. The first-order chi connectivity index (χ1) is 12.8. The Kier molecular flexibility index (Phi) is 4.41. The minimum atomic E-state index is 0.747. The van der Waals surface area contributed by atoms with Gasteiger partial charge in [0.15, 0.2) is 0 Å². The van der Waals surface area contributed by atoms with Crippen LogP contribution >= 0.6 is 11.3 Å². The summed E-state index contributed by atoms with van der Waals surface area (Å²) in [5.74, 6) is 3.40. The number of thiazole rings is 1. The highest BCUT2D eigenvalue weighted by molar-refractivity contribution is 7.09. The number of hydrogen-bond donors (Lipinski definition) is 0. The van der Waals surface area contributed by atoms with E-state index >= 15 is 0 Å². The molecule has 0 N–H and O–H groups in total. The molecule has 4 heterocycles. The molecular weight excluding hydrogens is 342 g/mol. The van der Waals surface area contributed by atoms with Gasteiger partial charge in [0.2, 0.25) is 0 Å². The fraction of sp³-hybridized carbons (Fsp3) is 0.650. The predicted molar refractivity (Wildman–Crippen MR) is 105 cm³/mol. The van der Waals surface area contributed by atoms with Gasteiger partial charge in [0, 0.05) is 55.8 Å². The molecule has 3 aliphatic rings. The number of hydrogen-bond acceptors (Lipinski definition) is 6. The zero-order valence-electron chi connectivity index (χ0n) is 15.5. The van der Waals surface area contributed by atoms with Crippen molar-refractivity contribution in [2.24, 2.45) is 11.8 Å². The monoisotopic (exact) mass is 369 g/mol. The molecule has 1 aliphatic carbocycles. The van der Waals surface area contributed by atoms with E-state index in [1.54, 1.807) is 6.33 Å². The van der Waals surface area contributed by atoms with Crippen molar-refractivity contribution in [1.82, 2.24) is 19.9 Å². The molecule has 0 aromatic carbocycles. The van der Waals surface area contributed by atoms with E-state index < -0.39 is 0 Å². The zero-order valence-corrected chi connectivity index (χ0v) is 16.3.